The van der Waals surface area contributed by atoms with Crippen LogP contribution in [0.15, 0.2) is 16.8 Å². The minimum atomic E-state index is -0.456. The van der Waals surface area contributed by atoms with Crippen LogP contribution in [0.1, 0.15) is 10.6 Å². The molecule has 7 nitrogen and oxygen atoms in total. The Kier molecular flexibility index (Phi) is 2.78. The average Bonchev–Trinajstić information content (AvgIpc) is 3.10. The predicted molar refractivity (Wildman–Crippen MR) is 63.3 cm³/mol. The Morgan fingerprint density at radius 1 is 1.53 bits per heavy atom. The molecule has 3 atom stereocenters. The van der Waals surface area contributed by atoms with Crippen LogP contribution in [0.25, 0.3) is 0 Å². The van der Waals surface area contributed by atoms with Crippen molar-refractivity contribution in [3.63, 3.8) is 0 Å². The Bertz CT molecular complexity index is 501. The van der Waals surface area contributed by atoms with Crippen molar-refractivity contribution >= 4 is 11.8 Å². The largest absolute Gasteiger partial charge is 0.371 e. The number of likely N-dealkylation sites (tertiary alicyclic amines) is 2. The summed E-state index contributed by atoms with van der Waals surface area (Å²) in [5.41, 5.74) is 0. The highest BCUT2D eigenvalue weighted by atomic mass is 16.5. The van der Waals surface area contributed by atoms with Crippen LogP contribution in [0.2, 0.25) is 0 Å². The minimum absolute atomic E-state index is 0.00994. The molecule has 7 heteroatoms. The first-order valence-corrected chi connectivity index (χ1v) is 6.13. The van der Waals surface area contributed by atoms with Gasteiger partial charge in [-0.1, -0.05) is 5.16 Å². The molecule has 0 radical (unpaired) electrons. The van der Waals surface area contributed by atoms with E-state index in [1.807, 2.05) is 0 Å². The van der Waals surface area contributed by atoms with Gasteiger partial charge in [-0.15, -0.1) is 0 Å². The SMILES string of the molecule is CO[C@@H]1C(=O)N(C)[C@@H]2CN(C(=O)c3ccno3)C[C@H]12. The van der Waals surface area contributed by atoms with E-state index in [0.717, 1.165) is 0 Å². The number of rotatable bonds is 2. The topological polar surface area (TPSA) is 75.9 Å². The van der Waals surface area contributed by atoms with Gasteiger partial charge in [0, 0.05) is 39.2 Å². The molecule has 2 aliphatic heterocycles. The standard InChI is InChI=1S/C12H15N3O4/c1-14-8-6-15(11(16)9-3-4-13-19-9)5-7(8)10(18-2)12(14)17/h3-4,7-8,10H,5-6H2,1-2H3/t7-,8+,10-/m0/s1. The van der Waals surface area contributed by atoms with Gasteiger partial charge in [-0.05, 0) is 0 Å². The van der Waals surface area contributed by atoms with Crippen LogP contribution in [-0.4, -0.2) is 66.2 Å². The first-order valence-electron chi connectivity index (χ1n) is 6.13. The zero-order valence-electron chi connectivity index (χ0n) is 10.8. The second-order valence-electron chi connectivity index (χ2n) is 4.92. The summed E-state index contributed by atoms with van der Waals surface area (Å²) in [6.45, 7) is 1.01. The zero-order valence-corrected chi connectivity index (χ0v) is 10.8. The van der Waals surface area contributed by atoms with Gasteiger partial charge in [0.05, 0.1) is 12.2 Å². The van der Waals surface area contributed by atoms with Crippen LogP contribution >= 0.6 is 0 Å². The summed E-state index contributed by atoms with van der Waals surface area (Å²) in [6.07, 6.45) is 0.986. The van der Waals surface area contributed by atoms with Gasteiger partial charge in [-0.25, -0.2) is 0 Å². The summed E-state index contributed by atoms with van der Waals surface area (Å²) >= 11 is 0. The van der Waals surface area contributed by atoms with Gasteiger partial charge in [-0.2, -0.15) is 0 Å². The monoisotopic (exact) mass is 265 g/mol. The second kappa shape index (κ2) is 4.34. The van der Waals surface area contributed by atoms with E-state index in [-0.39, 0.29) is 29.5 Å². The number of hydrogen-bond donors (Lipinski definition) is 0. The quantitative estimate of drug-likeness (QED) is 0.727. The van der Waals surface area contributed by atoms with Crippen molar-refractivity contribution in [3.05, 3.63) is 18.0 Å². The van der Waals surface area contributed by atoms with E-state index in [1.165, 1.54) is 13.3 Å². The van der Waals surface area contributed by atoms with Crippen molar-refractivity contribution in [1.82, 2.24) is 15.0 Å². The van der Waals surface area contributed by atoms with Crippen molar-refractivity contribution < 1.29 is 18.8 Å². The second-order valence-corrected chi connectivity index (χ2v) is 4.92. The molecular formula is C12H15N3O4. The van der Waals surface area contributed by atoms with Crippen molar-refractivity contribution in [1.29, 1.82) is 0 Å². The lowest BCUT2D eigenvalue weighted by Crippen LogP contribution is -2.38. The van der Waals surface area contributed by atoms with Gasteiger partial charge >= 0.3 is 0 Å². The number of nitrogens with zero attached hydrogens (tertiary/aromatic N) is 3. The molecule has 0 spiro atoms. The maximum atomic E-state index is 12.2. The number of ether oxygens (including phenoxy) is 1. The number of amides is 2. The summed E-state index contributed by atoms with van der Waals surface area (Å²) in [5, 5.41) is 3.53. The van der Waals surface area contributed by atoms with Gasteiger partial charge in [0.25, 0.3) is 11.8 Å². The van der Waals surface area contributed by atoms with E-state index in [4.69, 9.17) is 9.26 Å². The Morgan fingerprint density at radius 3 is 2.95 bits per heavy atom. The molecule has 2 saturated heterocycles. The van der Waals surface area contributed by atoms with Crippen LogP contribution < -0.4 is 0 Å². The molecule has 102 valence electrons. The number of methoxy groups -OCH3 is 1. The molecule has 2 amide bonds. The highest BCUT2D eigenvalue weighted by molar-refractivity contribution is 5.92. The Hall–Kier alpha value is -1.89. The van der Waals surface area contributed by atoms with Crippen molar-refractivity contribution in [2.24, 2.45) is 5.92 Å². The van der Waals surface area contributed by atoms with Crippen LogP contribution in [0.5, 0.6) is 0 Å². The van der Waals surface area contributed by atoms with E-state index in [9.17, 15) is 9.59 Å². The Balaban J connectivity index is 1.78. The predicted octanol–water partition coefficient (Wildman–Crippen LogP) is -0.398. The van der Waals surface area contributed by atoms with Gasteiger partial charge < -0.3 is 19.1 Å². The summed E-state index contributed by atoms with van der Waals surface area (Å²) in [5.74, 6) is 0.0455. The molecule has 0 bridgehead atoms. The molecular weight excluding hydrogens is 250 g/mol. The van der Waals surface area contributed by atoms with Gasteiger partial charge in [-0.3, -0.25) is 9.59 Å². The smallest absolute Gasteiger partial charge is 0.292 e. The number of likely N-dealkylation sites (N-methyl/N-ethyl adjacent to an activating group) is 1. The van der Waals surface area contributed by atoms with E-state index >= 15 is 0 Å². The molecule has 0 N–H and O–H groups in total. The van der Waals surface area contributed by atoms with E-state index in [2.05, 4.69) is 5.16 Å². The van der Waals surface area contributed by atoms with Gasteiger partial charge in [0.15, 0.2) is 0 Å². The highest BCUT2D eigenvalue weighted by Crippen LogP contribution is 2.33. The Morgan fingerprint density at radius 2 is 2.32 bits per heavy atom. The third kappa shape index (κ3) is 1.73. The van der Waals surface area contributed by atoms with Crippen LogP contribution in [0, 0.1) is 5.92 Å². The van der Waals surface area contributed by atoms with Crippen molar-refractivity contribution in [2.45, 2.75) is 12.1 Å². The first kappa shape index (κ1) is 12.2. The molecule has 3 heterocycles. The maximum Gasteiger partial charge on any atom is 0.292 e. The molecule has 1 aromatic heterocycles. The van der Waals surface area contributed by atoms with Crippen molar-refractivity contribution in [3.8, 4) is 0 Å². The fraction of sp³-hybridized carbons (Fsp3) is 0.583. The lowest BCUT2D eigenvalue weighted by atomic mass is 10.0. The van der Waals surface area contributed by atoms with E-state index < -0.39 is 6.10 Å². The molecule has 0 aromatic carbocycles. The van der Waals surface area contributed by atoms with Crippen LogP contribution in [-0.2, 0) is 9.53 Å². The number of hydrogen-bond acceptors (Lipinski definition) is 5. The molecule has 2 aliphatic rings. The van der Waals surface area contributed by atoms with E-state index in [1.54, 1.807) is 22.9 Å². The first-order chi connectivity index (χ1) is 9.13. The molecule has 3 rings (SSSR count). The molecule has 2 fully saturated rings. The molecule has 1 aromatic rings. The number of carbonyl (C=O) groups is 2. The van der Waals surface area contributed by atoms with Crippen LogP contribution in [0.4, 0.5) is 0 Å². The minimum Gasteiger partial charge on any atom is -0.371 e. The number of fused-ring (bicyclic) bond motifs is 1. The lowest BCUT2D eigenvalue weighted by Gasteiger charge is -2.20. The normalized spacial score (nSPS) is 30.0. The maximum absolute atomic E-state index is 12.2. The summed E-state index contributed by atoms with van der Waals surface area (Å²) in [7, 11) is 3.28. The fourth-order valence-electron chi connectivity index (χ4n) is 2.99. The molecule has 0 saturated carbocycles. The van der Waals surface area contributed by atoms with Gasteiger partial charge in [0.1, 0.15) is 6.10 Å². The van der Waals surface area contributed by atoms with Crippen LogP contribution in [0.3, 0.4) is 0 Å². The van der Waals surface area contributed by atoms with E-state index in [0.29, 0.717) is 13.1 Å². The van der Waals surface area contributed by atoms with Gasteiger partial charge in [0.2, 0.25) is 5.76 Å². The molecule has 19 heavy (non-hydrogen) atoms. The summed E-state index contributed by atoms with van der Waals surface area (Å²) in [4.78, 5) is 27.5. The summed E-state index contributed by atoms with van der Waals surface area (Å²) in [6, 6.07) is 1.56. The fourth-order valence-corrected chi connectivity index (χ4v) is 2.99. The lowest BCUT2D eigenvalue weighted by molar-refractivity contribution is -0.136. The molecule has 0 unspecified atom stereocenters. The third-order valence-electron chi connectivity index (χ3n) is 4.00. The number of carbonyl (C=O) groups excluding carboxylic acids is 2. The number of aromatic nitrogens is 1. The highest BCUT2D eigenvalue weighted by Gasteiger charge is 2.52. The third-order valence-corrected chi connectivity index (χ3v) is 4.00. The average molecular weight is 265 g/mol. The van der Waals surface area contributed by atoms with Crippen molar-refractivity contribution in [2.75, 3.05) is 27.2 Å². The zero-order chi connectivity index (χ0) is 13.6. The molecule has 0 aliphatic carbocycles. The summed E-state index contributed by atoms with van der Waals surface area (Å²) < 4.78 is 10.1. The Labute approximate surface area is 110 Å².